The SMILES string of the molecule is O=C=Nc1ccc(Sc2ccc(C(F)(F)F)cn2)c(C=CC(=O)O)c1. The molecule has 0 saturated carbocycles. The number of pyridine rings is 1. The lowest BCUT2D eigenvalue weighted by Crippen LogP contribution is -2.05. The van der Waals surface area contributed by atoms with Gasteiger partial charge in [0.15, 0.2) is 0 Å². The van der Waals surface area contributed by atoms with Crippen LogP contribution in [0.25, 0.3) is 6.08 Å². The summed E-state index contributed by atoms with van der Waals surface area (Å²) in [5.74, 6) is -1.17. The molecule has 2 rings (SSSR count). The Labute approximate surface area is 143 Å². The number of alkyl halides is 3. The number of carboxylic acid groups (broad SMARTS) is 1. The molecule has 0 aliphatic carbocycles. The molecule has 0 aliphatic rings. The highest BCUT2D eigenvalue weighted by atomic mass is 32.2. The van der Waals surface area contributed by atoms with E-state index in [1.807, 2.05) is 0 Å². The van der Waals surface area contributed by atoms with Crippen LogP contribution < -0.4 is 0 Å². The Balaban J connectivity index is 2.34. The number of carbonyl (C=O) groups is 1. The number of isocyanates is 1. The van der Waals surface area contributed by atoms with Crippen molar-refractivity contribution in [3.63, 3.8) is 0 Å². The molecule has 0 fully saturated rings. The van der Waals surface area contributed by atoms with Gasteiger partial charge in [-0.05, 0) is 42.0 Å². The van der Waals surface area contributed by atoms with Gasteiger partial charge in [0.25, 0.3) is 0 Å². The molecule has 0 unspecified atom stereocenters. The van der Waals surface area contributed by atoms with E-state index in [0.717, 1.165) is 30.1 Å². The van der Waals surface area contributed by atoms with E-state index in [1.54, 1.807) is 6.07 Å². The van der Waals surface area contributed by atoms with Gasteiger partial charge in [-0.15, -0.1) is 0 Å². The lowest BCUT2D eigenvalue weighted by atomic mass is 10.2. The molecule has 0 aliphatic heterocycles. The minimum atomic E-state index is -4.47. The monoisotopic (exact) mass is 366 g/mol. The highest BCUT2D eigenvalue weighted by Crippen LogP contribution is 2.34. The number of aliphatic carboxylic acids is 1. The van der Waals surface area contributed by atoms with E-state index in [9.17, 15) is 22.8 Å². The van der Waals surface area contributed by atoms with Crippen LogP contribution in [0.3, 0.4) is 0 Å². The second-order valence-corrected chi connectivity index (χ2v) is 5.64. The van der Waals surface area contributed by atoms with Crippen molar-refractivity contribution in [2.45, 2.75) is 16.1 Å². The standard InChI is InChI=1S/C16H9F3N2O3S/c17-16(18,19)11-2-5-14(20-8-11)25-13-4-3-12(21-9-22)7-10(13)1-6-15(23)24/h1-8H,(H,23,24). The molecule has 9 heteroatoms. The van der Waals surface area contributed by atoms with Crippen LogP contribution in [0.5, 0.6) is 0 Å². The van der Waals surface area contributed by atoms with E-state index in [0.29, 0.717) is 15.5 Å². The van der Waals surface area contributed by atoms with Gasteiger partial charge in [0.1, 0.15) is 5.03 Å². The molecule has 5 nitrogen and oxygen atoms in total. The maximum absolute atomic E-state index is 12.6. The number of aromatic nitrogens is 1. The Morgan fingerprint density at radius 1 is 1.28 bits per heavy atom. The van der Waals surface area contributed by atoms with Crippen LogP contribution in [0.2, 0.25) is 0 Å². The Kier molecular flexibility index (Phi) is 5.74. The second kappa shape index (κ2) is 7.78. The molecule has 1 aromatic carbocycles. The third-order valence-corrected chi connectivity index (χ3v) is 3.89. The Morgan fingerprint density at radius 3 is 2.60 bits per heavy atom. The van der Waals surface area contributed by atoms with Crippen molar-refractivity contribution in [1.82, 2.24) is 4.98 Å². The summed E-state index contributed by atoms with van der Waals surface area (Å²) in [5.41, 5.74) is -0.172. The number of halogens is 3. The molecule has 1 N–H and O–H groups in total. The number of aliphatic imine (C=N–C) groups is 1. The topological polar surface area (TPSA) is 79.6 Å². The molecular formula is C16H9F3N2O3S. The summed E-state index contributed by atoms with van der Waals surface area (Å²) in [7, 11) is 0. The molecule has 0 saturated heterocycles. The lowest BCUT2D eigenvalue weighted by Gasteiger charge is -2.08. The maximum atomic E-state index is 12.6. The first-order chi connectivity index (χ1) is 11.8. The summed E-state index contributed by atoms with van der Waals surface area (Å²) in [5, 5.41) is 9.03. The number of benzene rings is 1. The van der Waals surface area contributed by atoms with Crippen molar-refractivity contribution < 1.29 is 27.9 Å². The van der Waals surface area contributed by atoms with Crippen molar-refractivity contribution in [3.05, 3.63) is 53.7 Å². The van der Waals surface area contributed by atoms with Crippen molar-refractivity contribution in [2.75, 3.05) is 0 Å². The minimum Gasteiger partial charge on any atom is -0.478 e. The third-order valence-electron chi connectivity index (χ3n) is 2.85. The zero-order valence-corrected chi connectivity index (χ0v) is 13.1. The largest absolute Gasteiger partial charge is 0.478 e. The molecule has 1 aromatic heterocycles. The van der Waals surface area contributed by atoms with Crippen LogP contribution in [0.4, 0.5) is 18.9 Å². The van der Waals surface area contributed by atoms with E-state index in [-0.39, 0.29) is 5.69 Å². The van der Waals surface area contributed by atoms with Gasteiger partial charge in [-0.3, -0.25) is 0 Å². The Hall–Kier alpha value is -2.90. The van der Waals surface area contributed by atoms with Gasteiger partial charge in [-0.25, -0.2) is 14.6 Å². The average molecular weight is 366 g/mol. The summed E-state index contributed by atoms with van der Waals surface area (Å²) in [6.45, 7) is 0. The summed E-state index contributed by atoms with van der Waals surface area (Å²) < 4.78 is 37.7. The molecule has 0 radical (unpaired) electrons. The van der Waals surface area contributed by atoms with Crippen LogP contribution in [-0.2, 0) is 15.8 Å². The summed E-state index contributed by atoms with van der Waals surface area (Å²) in [6, 6.07) is 6.64. The van der Waals surface area contributed by atoms with Crippen LogP contribution >= 0.6 is 11.8 Å². The van der Waals surface area contributed by atoms with E-state index in [2.05, 4.69) is 9.98 Å². The third kappa shape index (κ3) is 5.30. The minimum absolute atomic E-state index is 0.268. The fourth-order valence-corrected chi connectivity index (χ4v) is 2.61. The summed E-state index contributed by atoms with van der Waals surface area (Å²) in [6.07, 6.45) is -0.188. The van der Waals surface area contributed by atoms with Crippen molar-refractivity contribution in [2.24, 2.45) is 4.99 Å². The van der Waals surface area contributed by atoms with Gasteiger partial charge >= 0.3 is 12.1 Å². The predicted molar refractivity (Wildman–Crippen MR) is 84.3 cm³/mol. The number of hydrogen-bond donors (Lipinski definition) is 1. The number of carboxylic acids is 1. The summed E-state index contributed by atoms with van der Waals surface area (Å²) in [4.78, 5) is 28.7. The fourth-order valence-electron chi connectivity index (χ4n) is 1.76. The Bertz CT molecular complexity index is 858. The molecule has 25 heavy (non-hydrogen) atoms. The van der Waals surface area contributed by atoms with Crippen LogP contribution in [0.15, 0.2) is 57.5 Å². The van der Waals surface area contributed by atoms with Crippen LogP contribution in [0.1, 0.15) is 11.1 Å². The van der Waals surface area contributed by atoms with E-state index in [4.69, 9.17) is 5.11 Å². The molecule has 128 valence electrons. The molecule has 0 atom stereocenters. The van der Waals surface area contributed by atoms with Crippen molar-refractivity contribution in [3.8, 4) is 0 Å². The quantitative estimate of drug-likeness (QED) is 0.484. The second-order valence-electron chi connectivity index (χ2n) is 4.58. The molecule has 0 amide bonds. The highest BCUT2D eigenvalue weighted by Gasteiger charge is 2.30. The van der Waals surface area contributed by atoms with Gasteiger partial charge in [-0.1, -0.05) is 11.8 Å². The van der Waals surface area contributed by atoms with E-state index >= 15 is 0 Å². The normalized spacial score (nSPS) is 11.3. The molecular weight excluding hydrogens is 357 g/mol. The van der Waals surface area contributed by atoms with Gasteiger partial charge < -0.3 is 5.11 Å². The van der Waals surface area contributed by atoms with E-state index < -0.39 is 17.7 Å². The first-order valence-corrected chi connectivity index (χ1v) is 7.45. The molecule has 2 aromatic rings. The average Bonchev–Trinajstić information content (AvgIpc) is 2.54. The first-order valence-electron chi connectivity index (χ1n) is 6.63. The number of rotatable bonds is 5. The zero-order chi connectivity index (χ0) is 18.4. The predicted octanol–water partition coefficient (Wildman–Crippen LogP) is 4.32. The molecule has 0 spiro atoms. The van der Waals surface area contributed by atoms with Crippen molar-refractivity contribution >= 4 is 35.6 Å². The maximum Gasteiger partial charge on any atom is 0.417 e. The number of hydrogen-bond acceptors (Lipinski definition) is 5. The Morgan fingerprint density at radius 2 is 2.04 bits per heavy atom. The number of nitrogens with zero attached hydrogens (tertiary/aromatic N) is 2. The lowest BCUT2D eigenvalue weighted by molar-refractivity contribution is -0.138. The first kappa shape index (κ1) is 18.4. The van der Waals surface area contributed by atoms with Crippen LogP contribution in [0, 0.1) is 0 Å². The zero-order valence-electron chi connectivity index (χ0n) is 12.3. The number of carbonyl (C=O) groups excluding carboxylic acids is 1. The van der Waals surface area contributed by atoms with Gasteiger partial charge in [0.05, 0.1) is 11.3 Å². The van der Waals surface area contributed by atoms with Gasteiger partial charge in [0, 0.05) is 17.2 Å². The van der Waals surface area contributed by atoms with Gasteiger partial charge in [-0.2, -0.15) is 18.2 Å². The van der Waals surface area contributed by atoms with E-state index in [1.165, 1.54) is 30.4 Å². The molecule has 0 bridgehead atoms. The van der Waals surface area contributed by atoms with Gasteiger partial charge in [0.2, 0.25) is 6.08 Å². The van der Waals surface area contributed by atoms with Crippen molar-refractivity contribution in [1.29, 1.82) is 0 Å². The fraction of sp³-hybridized carbons (Fsp3) is 0.0625. The highest BCUT2D eigenvalue weighted by molar-refractivity contribution is 7.99. The smallest absolute Gasteiger partial charge is 0.417 e. The summed E-state index contributed by atoms with van der Waals surface area (Å²) >= 11 is 1.05. The van der Waals surface area contributed by atoms with Crippen LogP contribution in [-0.4, -0.2) is 22.1 Å². The molecule has 1 heterocycles.